The summed E-state index contributed by atoms with van der Waals surface area (Å²) in [6.45, 7) is 7.74. The second kappa shape index (κ2) is 7.57. The first kappa shape index (κ1) is 16.7. The molecule has 22 heavy (non-hydrogen) atoms. The van der Waals surface area contributed by atoms with Crippen LogP contribution in [0.4, 0.5) is 0 Å². The van der Waals surface area contributed by atoms with Gasteiger partial charge < -0.3 is 4.90 Å². The molecule has 1 aliphatic rings. The van der Waals surface area contributed by atoms with Gasteiger partial charge in [0.2, 0.25) is 5.91 Å². The molecule has 1 fully saturated rings. The molecule has 3 nitrogen and oxygen atoms in total. The number of nitrogens with zero attached hydrogens (tertiary/aromatic N) is 1. The van der Waals surface area contributed by atoms with Gasteiger partial charge in [-0.05, 0) is 36.3 Å². The minimum atomic E-state index is 0.200. The van der Waals surface area contributed by atoms with E-state index in [2.05, 4.69) is 19.9 Å². The summed E-state index contributed by atoms with van der Waals surface area (Å²) >= 11 is 0. The van der Waals surface area contributed by atoms with E-state index in [4.69, 9.17) is 0 Å². The molecule has 0 unspecified atom stereocenters. The molecule has 120 valence electrons. The Morgan fingerprint density at radius 2 is 1.91 bits per heavy atom. The molecule has 0 saturated carbocycles. The maximum Gasteiger partial charge on any atom is 0.222 e. The van der Waals surface area contributed by atoms with Gasteiger partial charge in [-0.3, -0.25) is 9.59 Å². The molecule has 1 aromatic carbocycles. The van der Waals surface area contributed by atoms with Crippen LogP contribution >= 0.6 is 0 Å². The van der Waals surface area contributed by atoms with Crippen LogP contribution in [0.15, 0.2) is 24.3 Å². The lowest BCUT2D eigenvalue weighted by Crippen LogP contribution is -2.38. The number of likely N-dealkylation sites (tertiary alicyclic amines) is 1. The maximum absolute atomic E-state index is 12.1. The van der Waals surface area contributed by atoms with E-state index in [0.717, 1.165) is 31.5 Å². The van der Waals surface area contributed by atoms with E-state index >= 15 is 0 Å². The van der Waals surface area contributed by atoms with Crippen LogP contribution in [0.2, 0.25) is 0 Å². The molecular weight excluding hydrogens is 274 g/mol. The lowest BCUT2D eigenvalue weighted by atomic mass is 9.88. The number of carbonyl (C=O) groups excluding carboxylic acids is 2. The smallest absolute Gasteiger partial charge is 0.222 e. The van der Waals surface area contributed by atoms with Gasteiger partial charge in [-0.2, -0.15) is 0 Å². The first-order valence-electron chi connectivity index (χ1n) is 8.42. The molecule has 0 bridgehead atoms. The molecule has 1 heterocycles. The third kappa shape index (κ3) is 4.19. The third-order valence-electron chi connectivity index (χ3n) is 4.43. The number of piperidine rings is 1. The van der Waals surface area contributed by atoms with Gasteiger partial charge in [-0.25, -0.2) is 0 Å². The highest BCUT2D eigenvalue weighted by molar-refractivity contribution is 5.96. The van der Waals surface area contributed by atoms with Crippen molar-refractivity contribution in [3.8, 4) is 0 Å². The SMILES string of the molecule is CCC(=O)c1cccc(C2CCN(C(=O)CC(C)C)CC2)c1. The number of amides is 1. The fraction of sp³-hybridized carbons (Fsp3) is 0.579. The van der Waals surface area contributed by atoms with Crippen molar-refractivity contribution in [2.45, 2.75) is 52.4 Å². The monoisotopic (exact) mass is 301 g/mol. The third-order valence-corrected chi connectivity index (χ3v) is 4.43. The molecular formula is C19H27NO2. The molecule has 0 spiro atoms. The van der Waals surface area contributed by atoms with E-state index in [1.54, 1.807) is 0 Å². The molecule has 0 radical (unpaired) electrons. The van der Waals surface area contributed by atoms with Gasteiger partial charge in [0.15, 0.2) is 5.78 Å². The van der Waals surface area contributed by atoms with Crippen molar-refractivity contribution >= 4 is 11.7 Å². The van der Waals surface area contributed by atoms with Gasteiger partial charge in [0.05, 0.1) is 0 Å². The predicted molar refractivity (Wildman–Crippen MR) is 89.1 cm³/mol. The molecule has 0 atom stereocenters. The van der Waals surface area contributed by atoms with Crippen molar-refractivity contribution in [1.29, 1.82) is 0 Å². The van der Waals surface area contributed by atoms with Crippen LogP contribution in [-0.2, 0) is 4.79 Å². The van der Waals surface area contributed by atoms with E-state index in [0.29, 0.717) is 24.7 Å². The zero-order chi connectivity index (χ0) is 16.1. The second-order valence-corrected chi connectivity index (χ2v) is 6.66. The van der Waals surface area contributed by atoms with E-state index in [-0.39, 0.29) is 11.7 Å². The van der Waals surface area contributed by atoms with Crippen molar-refractivity contribution in [2.24, 2.45) is 5.92 Å². The van der Waals surface area contributed by atoms with Gasteiger partial charge in [-0.1, -0.05) is 39.0 Å². The largest absolute Gasteiger partial charge is 0.343 e. The molecule has 1 saturated heterocycles. The Morgan fingerprint density at radius 1 is 1.23 bits per heavy atom. The van der Waals surface area contributed by atoms with Crippen LogP contribution in [0.1, 0.15) is 68.3 Å². The highest BCUT2D eigenvalue weighted by atomic mass is 16.2. The summed E-state index contributed by atoms with van der Waals surface area (Å²) in [4.78, 5) is 26.0. The number of hydrogen-bond donors (Lipinski definition) is 0. The van der Waals surface area contributed by atoms with Crippen molar-refractivity contribution in [2.75, 3.05) is 13.1 Å². The standard InChI is InChI=1S/C19H27NO2/c1-4-18(21)17-7-5-6-16(13-17)15-8-10-20(11-9-15)19(22)12-14(2)3/h5-7,13-15H,4,8-12H2,1-3H3. The average Bonchev–Trinajstić information content (AvgIpc) is 2.53. The minimum absolute atomic E-state index is 0.200. The molecule has 0 aromatic heterocycles. The van der Waals surface area contributed by atoms with Crippen LogP contribution in [0.5, 0.6) is 0 Å². The lowest BCUT2D eigenvalue weighted by molar-refractivity contribution is -0.133. The van der Waals surface area contributed by atoms with E-state index in [1.165, 1.54) is 5.56 Å². The minimum Gasteiger partial charge on any atom is -0.343 e. The fourth-order valence-electron chi connectivity index (χ4n) is 3.11. The Bertz CT molecular complexity index is 528. The maximum atomic E-state index is 12.1. The first-order valence-corrected chi connectivity index (χ1v) is 8.42. The number of benzene rings is 1. The van der Waals surface area contributed by atoms with Crippen LogP contribution in [-0.4, -0.2) is 29.7 Å². The number of ketones is 1. The van der Waals surface area contributed by atoms with Gasteiger partial charge >= 0.3 is 0 Å². The van der Waals surface area contributed by atoms with E-state index in [1.807, 2.05) is 30.0 Å². The van der Waals surface area contributed by atoms with E-state index in [9.17, 15) is 9.59 Å². The summed E-state index contributed by atoms with van der Waals surface area (Å²) in [5, 5.41) is 0. The predicted octanol–water partition coefficient (Wildman–Crippen LogP) is 4.03. The average molecular weight is 301 g/mol. The Labute approximate surface area is 133 Å². The van der Waals surface area contributed by atoms with Crippen molar-refractivity contribution in [1.82, 2.24) is 4.90 Å². The number of Topliss-reactive ketones (excluding diaryl/α,β-unsaturated/α-hetero) is 1. The molecule has 1 amide bonds. The number of rotatable bonds is 5. The zero-order valence-electron chi connectivity index (χ0n) is 14.0. The lowest BCUT2D eigenvalue weighted by Gasteiger charge is -2.32. The van der Waals surface area contributed by atoms with Crippen LogP contribution in [0.3, 0.4) is 0 Å². The highest BCUT2D eigenvalue weighted by Crippen LogP contribution is 2.29. The molecule has 1 aromatic rings. The second-order valence-electron chi connectivity index (χ2n) is 6.66. The number of hydrogen-bond acceptors (Lipinski definition) is 2. The number of carbonyl (C=O) groups is 2. The van der Waals surface area contributed by atoms with Gasteiger partial charge in [-0.15, -0.1) is 0 Å². The Kier molecular flexibility index (Phi) is 5.76. The zero-order valence-corrected chi connectivity index (χ0v) is 14.0. The highest BCUT2D eigenvalue weighted by Gasteiger charge is 2.24. The Hall–Kier alpha value is -1.64. The molecule has 0 aliphatic carbocycles. The van der Waals surface area contributed by atoms with Crippen molar-refractivity contribution < 1.29 is 9.59 Å². The van der Waals surface area contributed by atoms with Gasteiger partial charge in [0.1, 0.15) is 0 Å². The van der Waals surface area contributed by atoms with Crippen LogP contribution in [0.25, 0.3) is 0 Å². The molecule has 3 heteroatoms. The van der Waals surface area contributed by atoms with Crippen LogP contribution < -0.4 is 0 Å². The molecule has 2 rings (SSSR count). The Balaban J connectivity index is 1.97. The summed E-state index contributed by atoms with van der Waals surface area (Å²) in [5.41, 5.74) is 2.06. The van der Waals surface area contributed by atoms with Gasteiger partial charge in [0.25, 0.3) is 0 Å². The molecule has 0 N–H and O–H groups in total. The summed E-state index contributed by atoms with van der Waals surface area (Å²) in [6.07, 6.45) is 3.18. The summed E-state index contributed by atoms with van der Waals surface area (Å²) in [6, 6.07) is 8.04. The van der Waals surface area contributed by atoms with Crippen molar-refractivity contribution in [3.63, 3.8) is 0 Å². The quantitative estimate of drug-likeness (QED) is 0.770. The van der Waals surface area contributed by atoms with Crippen LogP contribution in [0, 0.1) is 5.92 Å². The van der Waals surface area contributed by atoms with Crippen molar-refractivity contribution in [3.05, 3.63) is 35.4 Å². The molecule has 1 aliphatic heterocycles. The topological polar surface area (TPSA) is 37.4 Å². The summed E-state index contributed by atoms with van der Waals surface area (Å²) in [7, 11) is 0. The summed E-state index contributed by atoms with van der Waals surface area (Å²) < 4.78 is 0. The normalized spacial score (nSPS) is 16.1. The van der Waals surface area contributed by atoms with E-state index < -0.39 is 0 Å². The first-order chi connectivity index (χ1) is 10.5. The Morgan fingerprint density at radius 3 is 2.50 bits per heavy atom. The fourth-order valence-corrected chi connectivity index (χ4v) is 3.11. The van der Waals surface area contributed by atoms with Gasteiger partial charge in [0, 0.05) is 31.5 Å². The summed E-state index contributed by atoms with van der Waals surface area (Å²) in [5.74, 6) is 1.37.